The van der Waals surface area contributed by atoms with Crippen molar-refractivity contribution in [1.29, 1.82) is 0 Å². The number of aryl methyl sites for hydroxylation is 1. The van der Waals surface area contributed by atoms with Crippen LogP contribution in [0.3, 0.4) is 0 Å². The van der Waals surface area contributed by atoms with Gasteiger partial charge < -0.3 is 14.3 Å². The number of nitrogens with zero attached hydrogens (tertiary/aromatic N) is 8. The molecule has 1 atom stereocenters. The summed E-state index contributed by atoms with van der Waals surface area (Å²) in [6, 6.07) is 6.32. The molecule has 0 fully saturated rings. The third kappa shape index (κ3) is 2.57. The molecule has 0 saturated heterocycles. The van der Waals surface area contributed by atoms with Crippen molar-refractivity contribution >= 4 is 11.5 Å². The van der Waals surface area contributed by atoms with Crippen molar-refractivity contribution < 1.29 is 4.42 Å². The molecule has 1 aliphatic rings. The molecule has 6 rings (SSSR count). The SMILES string of the molecule is Cc1cccn2nc(C3c4nc[nH]c4CCN3c3nnc(-c4cnccn4)o3)cc12. The molecule has 10 heteroatoms. The number of anilines is 1. The van der Waals surface area contributed by atoms with Crippen LogP contribution in [-0.4, -0.2) is 46.3 Å². The summed E-state index contributed by atoms with van der Waals surface area (Å²) >= 11 is 0. The fourth-order valence-corrected chi connectivity index (χ4v) is 3.94. The van der Waals surface area contributed by atoms with Gasteiger partial charge in [-0.05, 0) is 24.6 Å². The average molecular weight is 399 g/mol. The molecule has 0 radical (unpaired) electrons. The first-order valence-electron chi connectivity index (χ1n) is 9.61. The largest absolute Gasteiger partial charge is 0.401 e. The van der Waals surface area contributed by atoms with Crippen molar-refractivity contribution in [1.82, 2.24) is 39.7 Å². The smallest absolute Gasteiger partial charge is 0.319 e. The Kier molecular flexibility index (Phi) is 3.63. The summed E-state index contributed by atoms with van der Waals surface area (Å²) in [5.74, 6) is 0.329. The quantitative estimate of drug-likeness (QED) is 0.492. The Morgan fingerprint density at radius 3 is 3.03 bits per heavy atom. The molecule has 6 heterocycles. The average Bonchev–Trinajstić information content (AvgIpc) is 3.52. The Morgan fingerprint density at radius 1 is 1.20 bits per heavy atom. The summed E-state index contributed by atoms with van der Waals surface area (Å²) in [4.78, 5) is 18.2. The third-order valence-corrected chi connectivity index (χ3v) is 5.38. The zero-order valence-corrected chi connectivity index (χ0v) is 16.1. The van der Waals surface area contributed by atoms with Crippen molar-refractivity contribution in [2.75, 3.05) is 11.4 Å². The molecule has 0 bridgehead atoms. The molecule has 0 aliphatic carbocycles. The van der Waals surface area contributed by atoms with E-state index in [1.165, 1.54) is 0 Å². The van der Waals surface area contributed by atoms with Crippen LogP contribution in [-0.2, 0) is 6.42 Å². The zero-order valence-electron chi connectivity index (χ0n) is 16.1. The van der Waals surface area contributed by atoms with Gasteiger partial charge >= 0.3 is 6.01 Å². The molecule has 5 aromatic rings. The predicted molar refractivity (Wildman–Crippen MR) is 107 cm³/mol. The van der Waals surface area contributed by atoms with Crippen molar-refractivity contribution in [2.24, 2.45) is 0 Å². The van der Waals surface area contributed by atoms with Gasteiger partial charge in [-0.1, -0.05) is 11.2 Å². The first-order valence-corrected chi connectivity index (χ1v) is 9.61. The number of rotatable bonds is 3. The Balaban J connectivity index is 1.46. The number of aromatic nitrogens is 8. The van der Waals surface area contributed by atoms with Crippen LogP contribution in [0.1, 0.15) is 28.7 Å². The Bertz CT molecular complexity index is 1340. The van der Waals surface area contributed by atoms with Gasteiger partial charge in [0.2, 0.25) is 0 Å². The summed E-state index contributed by atoms with van der Waals surface area (Å²) < 4.78 is 7.87. The minimum absolute atomic E-state index is 0.241. The number of hydrogen-bond acceptors (Lipinski definition) is 8. The van der Waals surface area contributed by atoms with Gasteiger partial charge in [0.1, 0.15) is 11.7 Å². The van der Waals surface area contributed by atoms with Crippen LogP contribution in [0.2, 0.25) is 0 Å². The number of hydrogen-bond donors (Lipinski definition) is 1. The molecule has 10 nitrogen and oxygen atoms in total. The molecular formula is C20H17N9O. The zero-order chi connectivity index (χ0) is 20.1. The maximum Gasteiger partial charge on any atom is 0.319 e. The number of fused-ring (bicyclic) bond motifs is 2. The highest BCUT2D eigenvalue weighted by Gasteiger charge is 2.36. The van der Waals surface area contributed by atoms with E-state index in [0.29, 0.717) is 24.1 Å². The second-order valence-electron chi connectivity index (χ2n) is 7.18. The van der Waals surface area contributed by atoms with Gasteiger partial charge in [-0.2, -0.15) is 5.10 Å². The van der Waals surface area contributed by atoms with E-state index in [9.17, 15) is 0 Å². The predicted octanol–water partition coefficient (Wildman–Crippen LogP) is 2.36. The van der Waals surface area contributed by atoms with E-state index in [1.807, 2.05) is 21.7 Å². The monoisotopic (exact) mass is 399 g/mol. The Hall–Kier alpha value is -4.08. The number of pyridine rings is 1. The summed E-state index contributed by atoms with van der Waals surface area (Å²) in [6.45, 7) is 2.76. The summed E-state index contributed by atoms with van der Waals surface area (Å²) in [5.41, 5.74) is 5.63. The molecule has 1 unspecified atom stereocenters. The fraction of sp³-hybridized carbons (Fsp3) is 0.200. The second kappa shape index (κ2) is 6.48. The molecular weight excluding hydrogens is 382 g/mol. The number of H-pyrrole nitrogens is 1. The summed E-state index contributed by atoms with van der Waals surface area (Å²) in [6.07, 6.45) is 9.26. The number of aromatic amines is 1. The van der Waals surface area contributed by atoms with E-state index < -0.39 is 0 Å². The van der Waals surface area contributed by atoms with E-state index in [2.05, 4.69) is 49.2 Å². The Morgan fingerprint density at radius 2 is 2.17 bits per heavy atom. The van der Waals surface area contributed by atoms with Crippen LogP contribution in [0.4, 0.5) is 6.01 Å². The summed E-state index contributed by atoms with van der Waals surface area (Å²) in [5, 5.41) is 13.3. The van der Waals surface area contributed by atoms with Crippen LogP contribution in [0.5, 0.6) is 0 Å². The highest BCUT2D eigenvalue weighted by Crippen LogP contribution is 2.37. The van der Waals surface area contributed by atoms with Crippen LogP contribution < -0.4 is 4.90 Å². The first kappa shape index (κ1) is 16.8. The Labute approximate surface area is 170 Å². The molecule has 148 valence electrons. The minimum Gasteiger partial charge on any atom is -0.401 e. The molecule has 30 heavy (non-hydrogen) atoms. The van der Waals surface area contributed by atoms with Gasteiger partial charge in [0.25, 0.3) is 5.89 Å². The van der Waals surface area contributed by atoms with E-state index in [-0.39, 0.29) is 6.04 Å². The fourth-order valence-electron chi connectivity index (χ4n) is 3.94. The van der Waals surface area contributed by atoms with E-state index in [4.69, 9.17) is 9.52 Å². The molecule has 1 aliphatic heterocycles. The lowest BCUT2D eigenvalue weighted by molar-refractivity contribution is 0.502. The maximum atomic E-state index is 5.98. The number of imidazole rings is 1. The lowest BCUT2D eigenvalue weighted by Gasteiger charge is -2.32. The van der Waals surface area contributed by atoms with Gasteiger partial charge in [0.05, 0.1) is 29.4 Å². The van der Waals surface area contributed by atoms with Gasteiger partial charge in [0.15, 0.2) is 0 Å². The van der Waals surface area contributed by atoms with Crippen molar-refractivity contribution in [3.05, 3.63) is 72.0 Å². The molecule has 1 N–H and O–H groups in total. The van der Waals surface area contributed by atoms with Crippen molar-refractivity contribution in [2.45, 2.75) is 19.4 Å². The second-order valence-corrected chi connectivity index (χ2v) is 7.18. The van der Waals surface area contributed by atoms with E-state index in [1.54, 1.807) is 24.9 Å². The van der Waals surface area contributed by atoms with Crippen LogP contribution in [0.25, 0.3) is 17.1 Å². The molecule has 0 aromatic carbocycles. The highest BCUT2D eigenvalue weighted by molar-refractivity contribution is 5.57. The standard InChI is InChI=1S/C20H17N9O/c1-12-3-2-7-29-16(12)9-14(27-29)18-17-13(23-11-24-17)4-8-28(18)20-26-25-19(30-20)15-10-21-5-6-22-15/h2-3,5-7,9-11,18H,4,8H2,1H3,(H,23,24). The van der Waals surface area contributed by atoms with Gasteiger partial charge in [-0.15, -0.1) is 5.10 Å². The van der Waals surface area contributed by atoms with E-state index in [0.717, 1.165) is 34.6 Å². The molecule has 0 saturated carbocycles. The van der Waals surface area contributed by atoms with Crippen LogP contribution >= 0.6 is 0 Å². The van der Waals surface area contributed by atoms with Crippen molar-refractivity contribution in [3.63, 3.8) is 0 Å². The lowest BCUT2D eigenvalue weighted by atomic mass is 10.00. The lowest BCUT2D eigenvalue weighted by Crippen LogP contribution is -2.36. The van der Waals surface area contributed by atoms with Crippen LogP contribution in [0, 0.1) is 6.92 Å². The molecule has 5 aromatic heterocycles. The third-order valence-electron chi connectivity index (χ3n) is 5.38. The minimum atomic E-state index is -0.241. The van der Waals surface area contributed by atoms with Gasteiger partial charge in [0, 0.05) is 37.3 Å². The molecule has 0 spiro atoms. The highest BCUT2D eigenvalue weighted by atomic mass is 16.4. The number of nitrogens with one attached hydrogen (secondary N) is 1. The van der Waals surface area contributed by atoms with E-state index >= 15 is 0 Å². The maximum absolute atomic E-state index is 5.98. The first-order chi connectivity index (χ1) is 14.8. The topological polar surface area (TPSA) is 114 Å². The summed E-state index contributed by atoms with van der Waals surface area (Å²) in [7, 11) is 0. The van der Waals surface area contributed by atoms with Gasteiger partial charge in [-0.25, -0.2) is 14.5 Å². The van der Waals surface area contributed by atoms with Crippen molar-refractivity contribution in [3.8, 4) is 11.6 Å². The normalized spacial score (nSPS) is 16.2. The van der Waals surface area contributed by atoms with Crippen LogP contribution in [0.15, 0.2) is 53.7 Å². The van der Waals surface area contributed by atoms with Gasteiger partial charge in [-0.3, -0.25) is 4.98 Å². The molecule has 0 amide bonds.